The van der Waals surface area contributed by atoms with Crippen molar-refractivity contribution >= 4 is 11.9 Å². The fraction of sp³-hybridized carbons (Fsp3) is 0.818. The maximum absolute atomic E-state index is 9.81. The average molecular weight is 235 g/mol. The molecule has 0 aromatic heterocycles. The molecule has 5 heteroatoms. The van der Waals surface area contributed by atoms with E-state index in [1.165, 1.54) is 33.5 Å². The SMILES string of the molecule is CC(=O)OC(C)=O.CCN(CC)CC.CO. The van der Waals surface area contributed by atoms with E-state index in [9.17, 15) is 9.59 Å². The molecule has 0 radical (unpaired) electrons. The summed E-state index contributed by atoms with van der Waals surface area (Å²) in [6.45, 7) is 12.5. The molecule has 0 bridgehead atoms. The Kier molecular flexibility index (Phi) is 21.1. The van der Waals surface area contributed by atoms with E-state index in [1.54, 1.807) is 0 Å². The molecule has 0 aromatic carbocycles. The van der Waals surface area contributed by atoms with Crippen molar-refractivity contribution < 1.29 is 19.4 Å². The largest absolute Gasteiger partial charge is 0.400 e. The van der Waals surface area contributed by atoms with Crippen LogP contribution in [0, 0.1) is 0 Å². The van der Waals surface area contributed by atoms with Gasteiger partial charge >= 0.3 is 11.9 Å². The highest BCUT2D eigenvalue weighted by Crippen LogP contribution is 1.81. The Morgan fingerprint density at radius 1 is 0.938 bits per heavy atom. The topological polar surface area (TPSA) is 66.8 Å². The second-order valence-corrected chi connectivity index (χ2v) is 2.70. The molecule has 0 saturated carbocycles. The highest BCUT2D eigenvalue weighted by molar-refractivity contribution is 5.82. The van der Waals surface area contributed by atoms with Crippen molar-refractivity contribution in [3.63, 3.8) is 0 Å². The van der Waals surface area contributed by atoms with Crippen LogP contribution >= 0.6 is 0 Å². The van der Waals surface area contributed by atoms with Gasteiger partial charge in [0.2, 0.25) is 0 Å². The van der Waals surface area contributed by atoms with Gasteiger partial charge in [-0.25, -0.2) is 0 Å². The molecule has 5 nitrogen and oxygen atoms in total. The number of rotatable bonds is 3. The van der Waals surface area contributed by atoms with E-state index in [0.717, 1.165) is 7.11 Å². The first-order chi connectivity index (χ1) is 7.47. The first-order valence-corrected chi connectivity index (χ1v) is 5.33. The van der Waals surface area contributed by atoms with Gasteiger partial charge in [0.1, 0.15) is 0 Å². The first kappa shape index (κ1) is 20.5. The number of nitrogens with zero attached hydrogens (tertiary/aromatic N) is 1. The predicted molar refractivity (Wildman–Crippen MR) is 64.1 cm³/mol. The first-order valence-electron chi connectivity index (χ1n) is 5.33. The minimum absolute atomic E-state index is 0.562. The third kappa shape index (κ3) is 23.1. The zero-order chi connectivity index (χ0) is 13.6. The summed E-state index contributed by atoms with van der Waals surface area (Å²) in [6.07, 6.45) is 0. The number of hydrogen-bond acceptors (Lipinski definition) is 5. The summed E-state index contributed by atoms with van der Waals surface area (Å²) in [4.78, 5) is 22.0. The van der Waals surface area contributed by atoms with Gasteiger partial charge < -0.3 is 14.7 Å². The number of carbonyl (C=O) groups excluding carboxylic acids is 2. The summed E-state index contributed by atoms with van der Waals surface area (Å²) >= 11 is 0. The molecular weight excluding hydrogens is 210 g/mol. The van der Waals surface area contributed by atoms with Crippen LogP contribution in [-0.4, -0.2) is 48.7 Å². The van der Waals surface area contributed by atoms with Crippen LogP contribution in [0.2, 0.25) is 0 Å². The highest BCUT2D eigenvalue weighted by Gasteiger charge is 1.93. The maximum Gasteiger partial charge on any atom is 0.310 e. The lowest BCUT2D eigenvalue weighted by Gasteiger charge is -2.13. The van der Waals surface area contributed by atoms with Gasteiger partial charge in [0.25, 0.3) is 0 Å². The molecule has 16 heavy (non-hydrogen) atoms. The number of carbonyl (C=O) groups is 2. The van der Waals surface area contributed by atoms with Crippen molar-refractivity contribution in [1.29, 1.82) is 0 Å². The van der Waals surface area contributed by atoms with Crippen LogP contribution in [-0.2, 0) is 14.3 Å². The van der Waals surface area contributed by atoms with E-state index in [2.05, 4.69) is 30.4 Å². The standard InChI is InChI=1S/C6H15N.C4H6O3.CH4O/c1-4-7(5-2)6-3;1-3(5)7-4(2)6;1-2/h4-6H2,1-3H3;1-2H3;2H,1H3. The van der Waals surface area contributed by atoms with Crippen molar-refractivity contribution in [2.75, 3.05) is 26.7 Å². The third-order valence-electron chi connectivity index (χ3n) is 1.63. The van der Waals surface area contributed by atoms with Gasteiger partial charge in [-0.2, -0.15) is 0 Å². The minimum atomic E-state index is -0.562. The van der Waals surface area contributed by atoms with E-state index in [1.807, 2.05) is 0 Å². The molecule has 0 aromatic rings. The normalized spacial score (nSPS) is 8.25. The fourth-order valence-electron chi connectivity index (χ4n) is 0.873. The van der Waals surface area contributed by atoms with Crippen LogP contribution in [0.1, 0.15) is 34.6 Å². The molecule has 0 amide bonds. The Bertz CT molecular complexity index is 150. The summed E-state index contributed by atoms with van der Waals surface area (Å²) < 4.78 is 3.97. The second-order valence-electron chi connectivity index (χ2n) is 2.70. The quantitative estimate of drug-likeness (QED) is 0.585. The molecule has 0 atom stereocenters. The molecule has 1 N–H and O–H groups in total. The lowest BCUT2D eigenvalue weighted by atomic mass is 10.5. The number of hydrogen-bond donors (Lipinski definition) is 1. The second kappa shape index (κ2) is 16.5. The number of ether oxygens (including phenoxy) is 1. The molecule has 0 aliphatic carbocycles. The zero-order valence-corrected chi connectivity index (χ0v) is 11.2. The Morgan fingerprint density at radius 3 is 1.19 bits per heavy atom. The smallest absolute Gasteiger partial charge is 0.310 e. The van der Waals surface area contributed by atoms with E-state index in [-0.39, 0.29) is 0 Å². The Hall–Kier alpha value is -0.940. The molecule has 0 aliphatic heterocycles. The van der Waals surface area contributed by atoms with Gasteiger partial charge in [0.05, 0.1) is 0 Å². The number of aliphatic hydroxyl groups excluding tert-OH is 1. The van der Waals surface area contributed by atoms with Crippen molar-refractivity contribution in [1.82, 2.24) is 4.90 Å². The van der Waals surface area contributed by atoms with Crippen LogP contribution in [0.25, 0.3) is 0 Å². The summed E-state index contributed by atoms with van der Waals surface area (Å²) in [6, 6.07) is 0. The Balaban J connectivity index is -0.000000183. The van der Waals surface area contributed by atoms with Crippen molar-refractivity contribution in [2.45, 2.75) is 34.6 Å². The van der Waals surface area contributed by atoms with Gasteiger partial charge in [-0.05, 0) is 19.6 Å². The van der Waals surface area contributed by atoms with E-state index < -0.39 is 11.9 Å². The summed E-state index contributed by atoms with van der Waals surface area (Å²) in [5.41, 5.74) is 0. The van der Waals surface area contributed by atoms with Crippen molar-refractivity contribution in [3.8, 4) is 0 Å². The number of esters is 2. The molecule has 0 unspecified atom stereocenters. The van der Waals surface area contributed by atoms with Gasteiger partial charge in [-0.3, -0.25) is 9.59 Å². The van der Waals surface area contributed by atoms with Crippen molar-refractivity contribution in [2.24, 2.45) is 0 Å². The van der Waals surface area contributed by atoms with E-state index in [4.69, 9.17) is 5.11 Å². The minimum Gasteiger partial charge on any atom is -0.400 e. The van der Waals surface area contributed by atoms with Crippen LogP contribution in [0.3, 0.4) is 0 Å². The van der Waals surface area contributed by atoms with E-state index >= 15 is 0 Å². The van der Waals surface area contributed by atoms with Gasteiger partial charge in [-0.15, -0.1) is 0 Å². The van der Waals surface area contributed by atoms with E-state index in [0.29, 0.717) is 0 Å². The van der Waals surface area contributed by atoms with Gasteiger partial charge in [0, 0.05) is 21.0 Å². The summed E-state index contributed by atoms with van der Waals surface area (Å²) in [5.74, 6) is -1.12. The summed E-state index contributed by atoms with van der Waals surface area (Å²) in [5, 5.41) is 7.00. The Labute approximate surface area is 98.4 Å². The number of aliphatic hydroxyl groups is 1. The van der Waals surface area contributed by atoms with Crippen LogP contribution < -0.4 is 0 Å². The lowest BCUT2D eigenvalue weighted by Crippen LogP contribution is -2.21. The predicted octanol–water partition coefficient (Wildman–Crippen LogP) is 1.05. The summed E-state index contributed by atoms with van der Waals surface area (Å²) in [7, 11) is 1.00. The monoisotopic (exact) mass is 235 g/mol. The Morgan fingerprint density at radius 2 is 1.19 bits per heavy atom. The fourth-order valence-corrected chi connectivity index (χ4v) is 0.873. The molecule has 0 rings (SSSR count). The molecule has 0 fully saturated rings. The van der Waals surface area contributed by atoms with Crippen LogP contribution in [0.5, 0.6) is 0 Å². The lowest BCUT2D eigenvalue weighted by molar-refractivity contribution is -0.156. The van der Waals surface area contributed by atoms with Crippen molar-refractivity contribution in [3.05, 3.63) is 0 Å². The molecule has 0 saturated heterocycles. The van der Waals surface area contributed by atoms with Crippen LogP contribution in [0.4, 0.5) is 0 Å². The molecule has 98 valence electrons. The van der Waals surface area contributed by atoms with Gasteiger partial charge in [-0.1, -0.05) is 20.8 Å². The molecule has 0 aliphatic rings. The zero-order valence-electron chi connectivity index (χ0n) is 11.2. The third-order valence-corrected chi connectivity index (χ3v) is 1.63. The maximum atomic E-state index is 9.81. The van der Waals surface area contributed by atoms with Crippen LogP contribution in [0.15, 0.2) is 0 Å². The average Bonchev–Trinajstić information content (AvgIpc) is 2.22. The molecule has 0 heterocycles. The molecular formula is C11H25NO4. The highest BCUT2D eigenvalue weighted by atomic mass is 16.6. The molecule has 0 spiro atoms. The van der Waals surface area contributed by atoms with Gasteiger partial charge in [0.15, 0.2) is 0 Å².